The van der Waals surface area contributed by atoms with Gasteiger partial charge in [-0.1, -0.05) is 32.1 Å². The molecule has 68 heavy (non-hydrogen) atoms. The Hall–Kier alpha value is -2.79. The normalized spacial score (nSPS) is 40.7. The second-order valence-corrected chi connectivity index (χ2v) is 20.9. The Morgan fingerprint density at radius 1 is 0.985 bits per heavy atom. The van der Waals surface area contributed by atoms with Crippen molar-refractivity contribution < 1.29 is 67.5 Å². The maximum Gasteiger partial charge on any atom is 0.311 e. The van der Waals surface area contributed by atoms with Crippen molar-refractivity contribution in [1.29, 1.82) is 0 Å². The molecule has 3 aliphatic heterocycles. The highest BCUT2D eigenvalue weighted by molar-refractivity contribution is 5.73. The van der Waals surface area contributed by atoms with E-state index < -0.39 is 120 Å². The van der Waals surface area contributed by atoms with Gasteiger partial charge >= 0.3 is 5.97 Å². The number of rotatable bonds is 13. The first-order valence-corrected chi connectivity index (χ1v) is 24.3. The van der Waals surface area contributed by atoms with Gasteiger partial charge < -0.3 is 63.8 Å². The zero-order valence-corrected chi connectivity index (χ0v) is 42.4. The van der Waals surface area contributed by atoms with Crippen LogP contribution < -0.4 is 0 Å². The highest BCUT2D eigenvalue weighted by Crippen LogP contribution is 2.39. The SMILES string of the molecule is CC[C@H]1OC(=O)[C@H](C)[C@@H](OC[C@H]2C[C@@](C)(OC)[C@@H](O)[C@H](C)O2)[C@H](C)[C@@H](O[C@@H]2O[C@H](C)C[C@H](N(C)CCc3cn(Cc4c(F)cccc4F)nn3)[C@H]2O)[C@](C)(O)C[C@@H](C)CN(C)[C@H](C)[C@@H](O)[C@]1(C)O. The number of carbonyl (C=O) groups excluding carboxylic acids is 1. The van der Waals surface area contributed by atoms with Gasteiger partial charge in [0.15, 0.2) is 6.29 Å². The van der Waals surface area contributed by atoms with Crippen molar-refractivity contribution in [2.75, 3.05) is 40.9 Å². The monoisotopic (exact) mass is 970 g/mol. The third-order valence-corrected chi connectivity index (χ3v) is 15.1. The summed E-state index contributed by atoms with van der Waals surface area (Å²) in [6.45, 7) is 18.2. The van der Waals surface area contributed by atoms with Crippen molar-refractivity contribution in [3.63, 3.8) is 0 Å². The first-order chi connectivity index (χ1) is 31.7. The van der Waals surface area contributed by atoms with Crippen LogP contribution in [0.5, 0.6) is 0 Å². The summed E-state index contributed by atoms with van der Waals surface area (Å²) < 4.78 is 68.1. The van der Waals surface area contributed by atoms with E-state index in [2.05, 4.69) is 10.3 Å². The molecular weight excluding hydrogens is 889 g/mol. The van der Waals surface area contributed by atoms with Crippen molar-refractivity contribution in [3.05, 3.63) is 47.3 Å². The van der Waals surface area contributed by atoms with E-state index in [1.54, 1.807) is 47.7 Å². The minimum atomic E-state index is -1.84. The fourth-order valence-corrected chi connectivity index (χ4v) is 10.8. The van der Waals surface area contributed by atoms with Crippen LogP contribution in [0.25, 0.3) is 0 Å². The quantitative estimate of drug-likeness (QED) is 0.182. The molecule has 0 unspecified atom stereocenters. The molecule has 3 saturated heterocycles. The van der Waals surface area contributed by atoms with E-state index in [0.29, 0.717) is 31.6 Å². The van der Waals surface area contributed by atoms with Crippen LogP contribution in [0.1, 0.15) is 106 Å². The average molecular weight is 970 g/mol. The number of hydrogen-bond acceptors (Lipinski definition) is 16. The summed E-state index contributed by atoms with van der Waals surface area (Å²) in [6.07, 6.45) is -6.38. The Balaban J connectivity index is 1.45. The summed E-state index contributed by atoms with van der Waals surface area (Å²) in [5.74, 6) is -4.08. The summed E-state index contributed by atoms with van der Waals surface area (Å²) in [7, 11) is 5.21. The molecule has 2 aromatic rings. The highest BCUT2D eigenvalue weighted by Gasteiger charge is 2.51. The first-order valence-electron chi connectivity index (χ1n) is 24.3. The van der Waals surface area contributed by atoms with Gasteiger partial charge in [-0.25, -0.2) is 13.5 Å². The van der Waals surface area contributed by atoms with Crippen molar-refractivity contribution in [2.24, 2.45) is 17.8 Å². The number of aliphatic hydroxyl groups excluding tert-OH is 3. The number of cyclic esters (lactones) is 1. The van der Waals surface area contributed by atoms with E-state index >= 15 is 0 Å². The number of carbonyl (C=O) groups is 1. The second-order valence-electron chi connectivity index (χ2n) is 20.9. The van der Waals surface area contributed by atoms with Crippen molar-refractivity contribution >= 4 is 5.97 Å². The van der Waals surface area contributed by atoms with Crippen LogP contribution in [0, 0.1) is 29.4 Å². The molecule has 1 aromatic heterocycles. The molecule has 1 aromatic carbocycles. The molecule has 3 fully saturated rings. The molecule has 0 bridgehead atoms. The van der Waals surface area contributed by atoms with E-state index in [1.807, 2.05) is 44.7 Å². The zero-order valence-electron chi connectivity index (χ0n) is 42.4. The number of methoxy groups -OCH3 is 1. The number of ether oxygens (including phenoxy) is 6. The Morgan fingerprint density at radius 3 is 2.28 bits per heavy atom. The van der Waals surface area contributed by atoms with Gasteiger partial charge in [-0.15, -0.1) is 5.10 Å². The minimum Gasteiger partial charge on any atom is -0.459 e. The fourth-order valence-electron chi connectivity index (χ4n) is 10.8. The molecule has 5 N–H and O–H groups in total. The fraction of sp³-hybridized carbons (Fsp3) is 0.816. The van der Waals surface area contributed by atoms with Gasteiger partial charge in [-0.05, 0) is 99.9 Å². The van der Waals surface area contributed by atoms with Crippen molar-refractivity contribution in [2.45, 2.75) is 198 Å². The maximum atomic E-state index is 14.4. The van der Waals surface area contributed by atoms with E-state index in [-0.39, 0.29) is 43.9 Å². The van der Waals surface area contributed by atoms with Gasteiger partial charge in [0.05, 0.1) is 66.5 Å². The molecule has 0 radical (unpaired) electrons. The predicted molar refractivity (Wildman–Crippen MR) is 247 cm³/mol. The molecule has 18 atom stereocenters. The number of benzene rings is 1. The molecule has 0 aliphatic carbocycles. The van der Waals surface area contributed by atoms with Crippen molar-refractivity contribution in [3.8, 4) is 0 Å². The largest absolute Gasteiger partial charge is 0.459 e. The van der Waals surface area contributed by atoms with Crippen LogP contribution in [0.4, 0.5) is 8.78 Å². The van der Waals surface area contributed by atoms with Gasteiger partial charge in [0.1, 0.15) is 41.7 Å². The Labute approximate surface area is 401 Å². The lowest BCUT2D eigenvalue weighted by atomic mass is 9.77. The molecule has 17 nitrogen and oxygen atoms in total. The number of esters is 1. The molecule has 0 saturated carbocycles. The Bertz CT molecular complexity index is 1910. The number of halogens is 2. The topological polar surface area (TPSA) is 211 Å². The maximum absolute atomic E-state index is 14.4. The third-order valence-electron chi connectivity index (χ3n) is 15.1. The second kappa shape index (κ2) is 23.2. The Morgan fingerprint density at radius 2 is 1.65 bits per heavy atom. The molecule has 3 aliphatic rings. The van der Waals surface area contributed by atoms with Crippen LogP contribution in [-0.2, 0) is 46.2 Å². The van der Waals surface area contributed by atoms with Crippen LogP contribution in [0.2, 0.25) is 0 Å². The van der Waals surface area contributed by atoms with E-state index in [1.165, 1.54) is 36.9 Å². The summed E-state index contributed by atoms with van der Waals surface area (Å²) in [5, 5.41) is 67.6. The molecule has 0 amide bonds. The lowest BCUT2D eigenvalue weighted by Gasteiger charge is -2.48. The van der Waals surface area contributed by atoms with Crippen LogP contribution in [0.3, 0.4) is 0 Å². The van der Waals surface area contributed by atoms with Gasteiger partial charge in [-0.2, -0.15) is 0 Å². The lowest BCUT2D eigenvalue weighted by Crippen LogP contribution is -2.60. The molecule has 19 heteroatoms. The highest BCUT2D eigenvalue weighted by atomic mass is 19.1. The number of aliphatic hydroxyl groups is 5. The zero-order chi connectivity index (χ0) is 50.6. The summed E-state index contributed by atoms with van der Waals surface area (Å²) >= 11 is 0. The van der Waals surface area contributed by atoms with Crippen LogP contribution in [0.15, 0.2) is 24.4 Å². The molecular formula is C49H81F2N5O12. The summed E-state index contributed by atoms with van der Waals surface area (Å²) in [5.41, 5.74) is -3.95. The smallest absolute Gasteiger partial charge is 0.311 e. The van der Waals surface area contributed by atoms with Gasteiger partial charge in [0.25, 0.3) is 0 Å². The average Bonchev–Trinajstić information content (AvgIpc) is 3.73. The molecule has 4 heterocycles. The number of likely N-dealkylation sites (N-methyl/N-ethyl adjacent to an activating group) is 2. The minimum absolute atomic E-state index is 0.0376. The van der Waals surface area contributed by atoms with E-state index in [0.717, 1.165) is 0 Å². The predicted octanol–water partition coefficient (Wildman–Crippen LogP) is 3.47. The number of nitrogens with zero attached hydrogens (tertiary/aromatic N) is 5. The van der Waals surface area contributed by atoms with Gasteiger partial charge in [-0.3, -0.25) is 4.79 Å². The van der Waals surface area contributed by atoms with E-state index in [9.17, 15) is 39.1 Å². The number of hydrogen-bond donors (Lipinski definition) is 5. The van der Waals surface area contributed by atoms with Gasteiger partial charge in [0.2, 0.25) is 0 Å². The standard InChI is InChI=1S/C49H81F2N5O12/c1-14-39-49(10,62)42(58)31(6)55(12)23-27(2)21-47(8,61)44(29(4)41(30(5)45(60)67-39)64-26-34-22-48(9,63-13)43(59)32(7)66-34)68-46-40(57)38(20-28(3)65-46)54(11)19-18-33-24-56(53-52-33)25-35-36(50)16-15-17-37(35)51/h15-17,24,27-32,34,38-44,46,57-59,61-62H,14,18-23,25-26H2,1-13H3/t27-,28-,29+,30-,31-,32+,34-,38+,39-,40-,41+,42-,43+,44-,46+,47-,48-,49-/m1/s1. The molecule has 0 spiro atoms. The lowest BCUT2D eigenvalue weighted by molar-refractivity contribution is -0.301. The molecule has 388 valence electrons. The third kappa shape index (κ3) is 13.0. The van der Waals surface area contributed by atoms with Crippen LogP contribution >= 0.6 is 0 Å². The van der Waals surface area contributed by atoms with Crippen LogP contribution in [-0.4, -0.2) is 187 Å². The Kier molecular flexibility index (Phi) is 19.1. The van der Waals surface area contributed by atoms with E-state index in [4.69, 9.17) is 28.4 Å². The van der Waals surface area contributed by atoms with Gasteiger partial charge in [0, 0.05) is 62.8 Å². The summed E-state index contributed by atoms with van der Waals surface area (Å²) in [6, 6.07) is 2.62. The number of aromatic nitrogens is 3. The first kappa shape index (κ1) is 56.1. The molecule has 5 rings (SSSR count). The van der Waals surface area contributed by atoms with Crippen molar-refractivity contribution in [1.82, 2.24) is 24.8 Å². The summed E-state index contributed by atoms with van der Waals surface area (Å²) in [4.78, 5) is 18.3.